The van der Waals surface area contributed by atoms with Crippen LogP contribution in [0.25, 0.3) is 0 Å². The number of carbonyl (C=O) groups excluding carboxylic acids is 2. The highest BCUT2D eigenvalue weighted by Gasteiger charge is 2.21. The molecule has 2 amide bonds. The molecular weight excluding hydrogens is 404 g/mol. The van der Waals surface area contributed by atoms with Gasteiger partial charge in [-0.25, -0.2) is 0 Å². The van der Waals surface area contributed by atoms with Gasteiger partial charge in [-0.3, -0.25) is 9.59 Å². The van der Waals surface area contributed by atoms with Gasteiger partial charge in [0.1, 0.15) is 5.75 Å². The van der Waals surface area contributed by atoms with Crippen molar-refractivity contribution < 1.29 is 18.7 Å². The zero-order valence-electron chi connectivity index (χ0n) is 18.3. The third kappa shape index (κ3) is 5.19. The molecule has 0 saturated heterocycles. The maximum absolute atomic E-state index is 13.0. The van der Waals surface area contributed by atoms with Gasteiger partial charge in [-0.1, -0.05) is 31.4 Å². The Morgan fingerprint density at radius 3 is 2.47 bits per heavy atom. The predicted octanol–water partition coefficient (Wildman–Crippen LogP) is 5.77. The van der Waals surface area contributed by atoms with Crippen LogP contribution in [-0.4, -0.2) is 25.5 Å². The quantitative estimate of drug-likeness (QED) is 0.515. The summed E-state index contributed by atoms with van der Waals surface area (Å²) in [7, 11) is 1.62. The molecule has 1 saturated carbocycles. The van der Waals surface area contributed by atoms with E-state index in [0.29, 0.717) is 22.9 Å². The molecule has 1 aliphatic rings. The highest BCUT2D eigenvalue weighted by molar-refractivity contribution is 6.12. The van der Waals surface area contributed by atoms with Crippen LogP contribution in [0.3, 0.4) is 0 Å². The summed E-state index contributed by atoms with van der Waals surface area (Å²) in [4.78, 5) is 27.0. The fraction of sp³-hybridized carbons (Fsp3) is 0.308. The van der Waals surface area contributed by atoms with Crippen molar-refractivity contribution in [2.75, 3.05) is 23.9 Å². The largest absolute Gasteiger partial charge is 0.493 e. The molecule has 0 atom stereocenters. The molecule has 4 rings (SSSR count). The highest BCUT2D eigenvalue weighted by atomic mass is 16.5. The number of anilines is 2. The van der Waals surface area contributed by atoms with E-state index in [9.17, 15) is 9.59 Å². The number of furan rings is 1. The number of hydrogen-bond donors (Lipinski definition) is 1. The third-order valence-corrected chi connectivity index (χ3v) is 5.87. The average molecular weight is 433 g/mol. The molecule has 1 fully saturated rings. The van der Waals surface area contributed by atoms with E-state index in [4.69, 9.17) is 9.15 Å². The van der Waals surface area contributed by atoms with Crippen LogP contribution in [0.1, 0.15) is 53.0 Å². The van der Waals surface area contributed by atoms with Crippen molar-refractivity contribution >= 4 is 23.2 Å². The topological polar surface area (TPSA) is 71.8 Å². The Morgan fingerprint density at radius 2 is 1.75 bits per heavy atom. The number of hydrogen-bond acceptors (Lipinski definition) is 4. The van der Waals surface area contributed by atoms with Crippen molar-refractivity contribution in [2.45, 2.75) is 32.1 Å². The number of nitrogens with one attached hydrogen (secondary N) is 1. The Labute approximate surface area is 188 Å². The molecule has 166 valence electrons. The normalized spacial score (nSPS) is 14.0. The monoisotopic (exact) mass is 432 g/mol. The number of benzene rings is 2. The number of rotatable bonds is 7. The summed E-state index contributed by atoms with van der Waals surface area (Å²) >= 11 is 0. The fourth-order valence-electron chi connectivity index (χ4n) is 4.03. The van der Waals surface area contributed by atoms with Crippen LogP contribution < -0.4 is 15.0 Å². The lowest BCUT2D eigenvalue weighted by Crippen LogP contribution is -2.28. The average Bonchev–Trinajstić information content (AvgIpc) is 3.38. The first-order chi connectivity index (χ1) is 15.6. The fourth-order valence-corrected chi connectivity index (χ4v) is 4.03. The zero-order chi connectivity index (χ0) is 22.3. The first-order valence-electron chi connectivity index (χ1n) is 11.1. The third-order valence-electron chi connectivity index (χ3n) is 5.87. The first kappa shape index (κ1) is 21.7. The van der Waals surface area contributed by atoms with Crippen molar-refractivity contribution in [3.8, 4) is 5.75 Å². The lowest BCUT2D eigenvalue weighted by molar-refractivity contribution is 0.0966. The van der Waals surface area contributed by atoms with Crippen LogP contribution >= 0.6 is 0 Å². The van der Waals surface area contributed by atoms with Crippen LogP contribution in [0.2, 0.25) is 0 Å². The molecule has 0 unspecified atom stereocenters. The summed E-state index contributed by atoms with van der Waals surface area (Å²) in [6.45, 7) is 0.745. The van der Waals surface area contributed by atoms with E-state index in [1.54, 1.807) is 43.4 Å². The molecule has 1 N–H and O–H groups in total. The van der Waals surface area contributed by atoms with Crippen molar-refractivity contribution in [1.82, 2.24) is 0 Å². The van der Waals surface area contributed by atoms with E-state index in [1.165, 1.54) is 43.3 Å². The molecular formula is C26H28N2O4. The maximum Gasteiger partial charge on any atom is 0.293 e. The molecule has 32 heavy (non-hydrogen) atoms. The number of amides is 2. The van der Waals surface area contributed by atoms with Gasteiger partial charge in [0.25, 0.3) is 11.8 Å². The van der Waals surface area contributed by atoms with Gasteiger partial charge in [0.2, 0.25) is 0 Å². The second kappa shape index (κ2) is 10.2. The first-order valence-corrected chi connectivity index (χ1v) is 11.1. The van der Waals surface area contributed by atoms with Crippen LogP contribution in [0.4, 0.5) is 11.4 Å². The molecule has 0 aliphatic heterocycles. The molecule has 0 radical (unpaired) electrons. The lowest BCUT2D eigenvalue weighted by Gasteiger charge is -2.21. The van der Waals surface area contributed by atoms with Gasteiger partial charge in [-0.15, -0.1) is 0 Å². The highest BCUT2D eigenvalue weighted by Crippen LogP contribution is 2.26. The van der Waals surface area contributed by atoms with Gasteiger partial charge in [0, 0.05) is 12.7 Å². The van der Waals surface area contributed by atoms with Crippen molar-refractivity contribution in [3.63, 3.8) is 0 Å². The number of ether oxygens (including phenoxy) is 1. The minimum absolute atomic E-state index is 0.214. The smallest absolute Gasteiger partial charge is 0.293 e. The second-order valence-corrected chi connectivity index (χ2v) is 8.15. The van der Waals surface area contributed by atoms with Crippen LogP contribution in [0.5, 0.6) is 5.75 Å². The summed E-state index contributed by atoms with van der Waals surface area (Å²) in [6, 6.07) is 17.6. The molecule has 0 spiro atoms. The van der Waals surface area contributed by atoms with E-state index in [0.717, 1.165) is 12.4 Å². The van der Waals surface area contributed by atoms with Crippen molar-refractivity contribution in [2.24, 2.45) is 5.92 Å². The van der Waals surface area contributed by atoms with Crippen LogP contribution in [-0.2, 0) is 0 Å². The van der Waals surface area contributed by atoms with Gasteiger partial charge in [0.05, 0.1) is 24.1 Å². The molecule has 1 aromatic heterocycles. The molecule has 2 aromatic carbocycles. The van der Waals surface area contributed by atoms with Crippen LogP contribution in [0.15, 0.2) is 71.3 Å². The molecule has 0 bridgehead atoms. The summed E-state index contributed by atoms with van der Waals surface area (Å²) in [5, 5.41) is 2.90. The molecule has 1 aliphatic carbocycles. The predicted molar refractivity (Wildman–Crippen MR) is 124 cm³/mol. The zero-order valence-corrected chi connectivity index (χ0v) is 18.3. The Morgan fingerprint density at radius 1 is 1.00 bits per heavy atom. The molecule has 3 aromatic rings. The van der Waals surface area contributed by atoms with Crippen molar-refractivity contribution in [3.05, 3.63) is 78.3 Å². The minimum atomic E-state index is -0.324. The summed E-state index contributed by atoms with van der Waals surface area (Å²) in [6.07, 6.45) is 7.85. The lowest BCUT2D eigenvalue weighted by atomic mass is 9.90. The Balaban J connectivity index is 1.40. The van der Waals surface area contributed by atoms with E-state index >= 15 is 0 Å². The second-order valence-electron chi connectivity index (χ2n) is 8.15. The van der Waals surface area contributed by atoms with Crippen LogP contribution in [0, 0.1) is 5.92 Å². The van der Waals surface area contributed by atoms with Gasteiger partial charge < -0.3 is 19.4 Å². The number of para-hydroxylation sites is 1. The Hall–Kier alpha value is -3.54. The van der Waals surface area contributed by atoms with E-state index in [-0.39, 0.29) is 17.6 Å². The minimum Gasteiger partial charge on any atom is -0.493 e. The maximum atomic E-state index is 13.0. The summed E-state index contributed by atoms with van der Waals surface area (Å²) in [5.41, 5.74) is 1.56. The molecule has 1 heterocycles. The molecule has 6 heteroatoms. The van der Waals surface area contributed by atoms with Gasteiger partial charge in [-0.2, -0.15) is 0 Å². The Kier molecular flexibility index (Phi) is 6.90. The van der Waals surface area contributed by atoms with E-state index < -0.39 is 0 Å². The Bertz CT molecular complexity index is 1040. The van der Waals surface area contributed by atoms with E-state index in [2.05, 4.69) is 5.32 Å². The van der Waals surface area contributed by atoms with E-state index in [1.807, 2.05) is 24.3 Å². The van der Waals surface area contributed by atoms with Crippen molar-refractivity contribution in [1.29, 1.82) is 0 Å². The van der Waals surface area contributed by atoms with Gasteiger partial charge >= 0.3 is 0 Å². The number of nitrogens with zero attached hydrogens (tertiary/aromatic N) is 1. The SMILES string of the molecule is CN(C(=O)c1ccco1)c1ccccc1C(=O)Nc1ccc(OCC2CCCCC2)cc1. The number of carbonyl (C=O) groups is 2. The standard InChI is InChI=1S/C26H28N2O4/c1-28(26(30)24-12-7-17-31-24)23-11-6-5-10-22(23)25(29)27-20-13-15-21(16-14-20)32-18-19-8-3-2-4-9-19/h5-7,10-17,19H,2-4,8-9,18H2,1H3,(H,27,29). The van der Waals surface area contributed by atoms with Gasteiger partial charge in [0.15, 0.2) is 5.76 Å². The molecule has 6 nitrogen and oxygen atoms in total. The summed E-state index contributed by atoms with van der Waals surface area (Å²) in [5.74, 6) is 1.04. The summed E-state index contributed by atoms with van der Waals surface area (Å²) < 4.78 is 11.1. The van der Waals surface area contributed by atoms with Gasteiger partial charge in [-0.05, 0) is 67.3 Å².